The highest BCUT2D eigenvalue weighted by Crippen LogP contribution is 2.28. The van der Waals surface area contributed by atoms with Crippen molar-refractivity contribution in [2.75, 3.05) is 19.5 Å². The number of ether oxygens (including phenoxy) is 2. The van der Waals surface area contributed by atoms with Gasteiger partial charge in [-0.2, -0.15) is 0 Å². The number of hydrogen-bond acceptors (Lipinski definition) is 3. The summed E-state index contributed by atoms with van der Waals surface area (Å²) in [5, 5.41) is 3.06. The highest BCUT2D eigenvalue weighted by molar-refractivity contribution is 5.94. The van der Waals surface area contributed by atoms with Crippen molar-refractivity contribution in [3.05, 3.63) is 53.1 Å². The van der Waals surface area contributed by atoms with Crippen molar-refractivity contribution in [1.29, 1.82) is 0 Å². The summed E-state index contributed by atoms with van der Waals surface area (Å²) in [5.41, 5.74) is 10.3. The number of hydrogen-bond donors (Lipinski definition) is 2. The summed E-state index contributed by atoms with van der Waals surface area (Å²) in [4.78, 5) is 4.40. The van der Waals surface area contributed by atoms with E-state index < -0.39 is 0 Å². The van der Waals surface area contributed by atoms with Crippen LogP contribution >= 0.6 is 0 Å². The van der Waals surface area contributed by atoms with Crippen LogP contribution in [0.2, 0.25) is 0 Å². The molecule has 0 atom stereocenters. The van der Waals surface area contributed by atoms with E-state index in [0.29, 0.717) is 23.9 Å². The second-order valence-corrected chi connectivity index (χ2v) is 5.32. The number of rotatable bonds is 5. The summed E-state index contributed by atoms with van der Waals surface area (Å²) in [7, 11) is 3.22. The molecule has 0 amide bonds. The Bertz CT molecular complexity index is 711. The number of nitrogens with two attached hydrogens (primary N) is 1. The van der Waals surface area contributed by atoms with Gasteiger partial charge < -0.3 is 20.5 Å². The van der Waals surface area contributed by atoms with E-state index in [4.69, 9.17) is 15.2 Å². The average molecular weight is 313 g/mol. The third-order valence-electron chi connectivity index (χ3n) is 3.59. The molecule has 23 heavy (non-hydrogen) atoms. The summed E-state index contributed by atoms with van der Waals surface area (Å²) in [6, 6.07) is 11.8. The lowest BCUT2D eigenvalue weighted by Gasteiger charge is -2.12. The fraction of sp³-hybridized carbons (Fsp3) is 0.278. The van der Waals surface area contributed by atoms with E-state index in [0.717, 1.165) is 11.3 Å². The van der Waals surface area contributed by atoms with Crippen molar-refractivity contribution < 1.29 is 9.47 Å². The molecule has 2 rings (SSSR count). The van der Waals surface area contributed by atoms with Gasteiger partial charge in [0, 0.05) is 6.07 Å². The molecule has 0 aliphatic rings. The lowest BCUT2D eigenvalue weighted by atomic mass is 10.1. The van der Waals surface area contributed by atoms with Crippen molar-refractivity contribution in [3.8, 4) is 11.5 Å². The zero-order valence-corrected chi connectivity index (χ0v) is 14.0. The summed E-state index contributed by atoms with van der Waals surface area (Å²) in [6.45, 7) is 4.68. The molecule has 0 bridgehead atoms. The molecule has 122 valence electrons. The first kappa shape index (κ1) is 16.7. The first-order valence-electron chi connectivity index (χ1n) is 7.38. The molecule has 2 aromatic rings. The van der Waals surface area contributed by atoms with Gasteiger partial charge in [-0.15, -0.1) is 0 Å². The highest BCUT2D eigenvalue weighted by atomic mass is 16.5. The van der Waals surface area contributed by atoms with Crippen LogP contribution < -0.4 is 20.5 Å². The second kappa shape index (κ2) is 7.54. The van der Waals surface area contributed by atoms with E-state index >= 15 is 0 Å². The highest BCUT2D eigenvalue weighted by Gasteiger charge is 2.06. The van der Waals surface area contributed by atoms with Crippen LogP contribution in [0.1, 0.15) is 16.7 Å². The zero-order chi connectivity index (χ0) is 16.8. The molecular weight excluding hydrogens is 290 g/mol. The quantitative estimate of drug-likeness (QED) is 0.657. The molecule has 0 saturated carbocycles. The van der Waals surface area contributed by atoms with Gasteiger partial charge in [-0.1, -0.05) is 23.8 Å². The van der Waals surface area contributed by atoms with Crippen molar-refractivity contribution >= 4 is 11.6 Å². The van der Waals surface area contributed by atoms with Gasteiger partial charge in [0.2, 0.25) is 0 Å². The molecule has 0 aliphatic heterocycles. The predicted octanol–water partition coefficient (Wildman–Crippen LogP) is 3.25. The predicted molar refractivity (Wildman–Crippen MR) is 94.4 cm³/mol. The molecule has 0 spiro atoms. The smallest absolute Gasteiger partial charge is 0.193 e. The maximum absolute atomic E-state index is 5.99. The van der Waals surface area contributed by atoms with E-state index in [-0.39, 0.29) is 0 Å². The normalized spacial score (nSPS) is 11.2. The molecule has 2 aromatic carbocycles. The number of benzene rings is 2. The van der Waals surface area contributed by atoms with Gasteiger partial charge in [-0.25, -0.2) is 4.99 Å². The lowest BCUT2D eigenvalue weighted by Crippen LogP contribution is -2.23. The third kappa shape index (κ3) is 4.39. The van der Waals surface area contributed by atoms with E-state index in [9.17, 15) is 0 Å². The second-order valence-electron chi connectivity index (χ2n) is 5.32. The third-order valence-corrected chi connectivity index (χ3v) is 3.59. The van der Waals surface area contributed by atoms with Crippen LogP contribution in [0.15, 0.2) is 41.4 Å². The van der Waals surface area contributed by atoms with E-state index in [1.807, 2.05) is 18.2 Å². The Balaban J connectivity index is 2.13. The molecule has 0 aliphatic carbocycles. The summed E-state index contributed by atoms with van der Waals surface area (Å²) in [5.74, 6) is 1.72. The fourth-order valence-corrected chi connectivity index (χ4v) is 2.28. The van der Waals surface area contributed by atoms with Gasteiger partial charge in [0.1, 0.15) is 11.5 Å². The largest absolute Gasteiger partial charge is 0.497 e. The molecular formula is C18H23N3O2. The lowest BCUT2D eigenvalue weighted by molar-refractivity contribution is 0.405. The Labute approximate surface area is 137 Å². The molecule has 0 aromatic heterocycles. The molecule has 0 unspecified atom stereocenters. The van der Waals surface area contributed by atoms with Crippen LogP contribution in [0, 0.1) is 13.8 Å². The van der Waals surface area contributed by atoms with Gasteiger partial charge in [-0.3, -0.25) is 0 Å². The topological polar surface area (TPSA) is 68.9 Å². The minimum atomic E-state index is 0.330. The Morgan fingerprint density at radius 1 is 1.09 bits per heavy atom. The maximum Gasteiger partial charge on any atom is 0.193 e. The first-order chi connectivity index (χ1) is 11.0. The van der Waals surface area contributed by atoms with Gasteiger partial charge in [0.25, 0.3) is 0 Å². The summed E-state index contributed by atoms with van der Waals surface area (Å²) in [6.07, 6.45) is 0. The first-order valence-corrected chi connectivity index (χ1v) is 7.38. The van der Waals surface area contributed by atoms with E-state index in [2.05, 4.69) is 42.4 Å². The van der Waals surface area contributed by atoms with Crippen molar-refractivity contribution in [1.82, 2.24) is 0 Å². The molecule has 5 heteroatoms. The number of aliphatic imine (C=N–C) groups is 1. The Kier molecular flexibility index (Phi) is 5.46. The van der Waals surface area contributed by atoms with Crippen LogP contribution in [0.5, 0.6) is 11.5 Å². The molecule has 0 heterocycles. The van der Waals surface area contributed by atoms with Crippen LogP contribution in [-0.2, 0) is 6.54 Å². The van der Waals surface area contributed by atoms with Crippen LogP contribution in [0.25, 0.3) is 0 Å². The molecule has 0 saturated heterocycles. The zero-order valence-electron chi connectivity index (χ0n) is 14.0. The van der Waals surface area contributed by atoms with Gasteiger partial charge >= 0.3 is 0 Å². The minimum absolute atomic E-state index is 0.330. The van der Waals surface area contributed by atoms with Crippen molar-refractivity contribution in [2.45, 2.75) is 20.4 Å². The minimum Gasteiger partial charge on any atom is -0.497 e. The van der Waals surface area contributed by atoms with Gasteiger partial charge in [-0.05, 0) is 37.1 Å². The average Bonchev–Trinajstić information content (AvgIpc) is 2.54. The number of nitrogens with zero attached hydrogens (tertiary/aromatic N) is 1. The van der Waals surface area contributed by atoms with Crippen molar-refractivity contribution in [2.24, 2.45) is 10.7 Å². The Hall–Kier alpha value is -2.69. The summed E-state index contributed by atoms with van der Waals surface area (Å²) >= 11 is 0. The molecule has 0 fully saturated rings. The van der Waals surface area contributed by atoms with Crippen LogP contribution in [0.4, 0.5) is 5.69 Å². The monoisotopic (exact) mass is 313 g/mol. The number of guanidine groups is 1. The Morgan fingerprint density at radius 3 is 2.52 bits per heavy atom. The Morgan fingerprint density at radius 2 is 1.87 bits per heavy atom. The fourth-order valence-electron chi connectivity index (χ4n) is 2.28. The molecule has 3 N–H and O–H groups in total. The SMILES string of the molecule is COc1ccc(OC)c(NC(N)=NCc2ccc(C)cc2C)c1. The van der Waals surface area contributed by atoms with E-state index in [1.54, 1.807) is 14.2 Å². The van der Waals surface area contributed by atoms with Crippen molar-refractivity contribution in [3.63, 3.8) is 0 Å². The maximum atomic E-state index is 5.99. The summed E-state index contributed by atoms with van der Waals surface area (Å²) < 4.78 is 10.5. The number of aryl methyl sites for hydroxylation is 2. The van der Waals surface area contributed by atoms with Crippen LogP contribution in [-0.4, -0.2) is 20.2 Å². The van der Waals surface area contributed by atoms with Gasteiger partial charge in [0.15, 0.2) is 5.96 Å². The van der Waals surface area contributed by atoms with Crippen LogP contribution in [0.3, 0.4) is 0 Å². The number of anilines is 1. The number of nitrogens with one attached hydrogen (secondary N) is 1. The molecule has 5 nitrogen and oxygen atoms in total. The molecule has 0 radical (unpaired) electrons. The standard InChI is InChI=1S/C18H23N3O2/c1-12-5-6-14(13(2)9-12)11-20-18(19)21-16-10-15(22-3)7-8-17(16)23-4/h5-10H,11H2,1-4H3,(H3,19,20,21). The van der Waals surface area contributed by atoms with Gasteiger partial charge in [0.05, 0.1) is 26.5 Å². The van der Waals surface area contributed by atoms with E-state index in [1.165, 1.54) is 11.1 Å². The number of methoxy groups -OCH3 is 2.